The fourth-order valence-corrected chi connectivity index (χ4v) is 6.73. The van der Waals surface area contributed by atoms with Gasteiger partial charge in [0.15, 0.2) is 5.82 Å². The Morgan fingerprint density at radius 2 is 1.00 bits per heavy atom. The molecule has 0 aliphatic rings. The Hall–Kier alpha value is -6.52. The SMILES string of the molecule is Cc1nc(C)nc(-c2cc(-n3c4ccccc4c4ccc(C#N)cc43)c(C(F)(F)F)c(-n3c4ccccc4c4ccc(C#N)cc43)c2)n1. The summed E-state index contributed by atoms with van der Waals surface area (Å²) in [7, 11) is 0. The highest BCUT2D eigenvalue weighted by atomic mass is 19.4. The lowest BCUT2D eigenvalue weighted by atomic mass is 10.0. The number of halogens is 3. The van der Waals surface area contributed by atoms with E-state index in [4.69, 9.17) is 0 Å². The highest BCUT2D eigenvalue weighted by molar-refractivity contribution is 6.11. The van der Waals surface area contributed by atoms with Crippen LogP contribution >= 0.6 is 0 Å². The summed E-state index contributed by atoms with van der Waals surface area (Å²) in [6.45, 7) is 3.41. The molecule has 0 N–H and O–H groups in total. The first-order chi connectivity index (χ1) is 23.2. The molecule has 7 nitrogen and oxygen atoms in total. The van der Waals surface area contributed by atoms with Crippen molar-refractivity contribution in [2.75, 3.05) is 0 Å². The number of hydrogen-bond acceptors (Lipinski definition) is 5. The minimum Gasteiger partial charge on any atom is -0.308 e. The molecule has 5 aromatic carbocycles. The van der Waals surface area contributed by atoms with Gasteiger partial charge in [-0.05, 0) is 62.4 Å². The molecule has 0 aliphatic heterocycles. The summed E-state index contributed by atoms with van der Waals surface area (Å²) in [4.78, 5) is 13.4. The monoisotopic (exact) mass is 633 g/mol. The molecule has 0 fully saturated rings. The number of aromatic nitrogens is 5. The number of alkyl halides is 3. The lowest BCUT2D eigenvalue weighted by Gasteiger charge is -2.23. The van der Waals surface area contributed by atoms with E-state index < -0.39 is 11.7 Å². The maximum atomic E-state index is 15.9. The van der Waals surface area contributed by atoms with Gasteiger partial charge in [0, 0.05) is 27.1 Å². The second-order valence-corrected chi connectivity index (χ2v) is 11.5. The summed E-state index contributed by atoms with van der Waals surface area (Å²) in [6, 6.07) is 31.7. The maximum absolute atomic E-state index is 15.9. The van der Waals surface area contributed by atoms with Crippen LogP contribution in [-0.4, -0.2) is 24.1 Å². The standard InChI is InChI=1S/C38H22F3N7/c1-21-44-22(2)46-37(45-21)25-17-34(47-30-9-5-3-7-26(30)28-13-11-23(19-42)15-32(28)47)36(38(39,40)41)35(18-25)48-31-10-6-4-8-27(31)29-14-12-24(20-43)16-33(29)48/h3-18H,1-2H3. The topological polar surface area (TPSA) is 96.1 Å². The number of para-hydroxylation sites is 2. The lowest BCUT2D eigenvalue weighted by Crippen LogP contribution is -2.16. The number of benzene rings is 5. The molecule has 3 heterocycles. The summed E-state index contributed by atoms with van der Waals surface area (Å²) < 4.78 is 50.8. The van der Waals surface area contributed by atoms with Crippen LogP contribution in [0.5, 0.6) is 0 Å². The van der Waals surface area contributed by atoms with E-state index in [9.17, 15) is 10.5 Å². The van der Waals surface area contributed by atoms with Gasteiger partial charge in [-0.15, -0.1) is 0 Å². The first-order valence-electron chi connectivity index (χ1n) is 15.0. The van der Waals surface area contributed by atoms with Crippen LogP contribution in [0.25, 0.3) is 66.4 Å². The van der Waals surface area contributed by atoms with E-state index in [-0.39, 0.29) is 17.2 Å². The summed E-state index contributed by atoms with van der Waals surface area (Å²) in [5, 5.41) is 22.4. The number of rotatable bonds is 3. The normalized spacial score (nSPS) is 11.8. The van der Waals surface area contributed by atoms with Gasteiger partial charge in [-0.3, -0.25) is 0 Å². The molecule has 0 aliphatic carbocycles. The van der Waals surface area contributed by atoms with E-state index in [0.29, 0.717) is 61.2 Å². The Labute approximate surface area is 271 Å². The average molecular weight is 634 g/mol. The molecule has 230 valence electrons. The van der Waals surface area contributed by atoms with E-state index >= 15 is 13.2 Å². The van der Waals surface area contributed by atoms with Crippen LogP contribution in [0.3, 0.4) is 0 Å². The van der Waals surface area contributed by atoms with Crippen molar-refractivity contribution in [3.05, 3.63) is 125 Å². The molecule has 0 atom stereocenters. The fraction of sp³-hybridized carbons (Fsp3) is 0.0789. The van der Waals surface area contributed by atoms with Gasteiger partial charge >= 0.3 is 6.18 Å². The van der Waals surface area contributed by atoms with Crippen molar-refractivity contribution in [1.82, 2.24) is 24.1 Å². The smallest absolute Gasteiger partial charge is 0.308 e. The first-order valence-corrected chi connectivity index (χ1v) is 15.0. The van der Waals surface area contributed by atoms with Gasteiger partial charge in [0.05, 0.1) is 56.7 Å². The molecule has 3 aromatic heterocycles. The van der Waals surface area contributed by atoms with Crippen molar-refractivity contribution < 1.29 is 13.2 Å². The van der Waals surface area contributed by atoms with Crippen molar-refractivity contribution >= 4 is 43.6 Å². The quantitative estimate of drug-likeness (QED) is 0.193. The predicted molar refractivity (Wildman–Crippen MR) is 178 cm³/mol. The molecular weight excluding hydrogens is 611 g/mol. The third-order valence-corrected chi connectivity index (χ3v) is 8.58. The molecule has 0 bridgehead atoms. The molecule has 0 spiro atoms. The van der Waals surface area contributed by atoms with E-state index in [1.54, 1.807) is 83.6 Å². The minimum absolute atomic E-state index is 0.158. The number of hydrogen-bond donors (Lipinski definition) is 0. The second kappa shape index (κ2) is 10.5. The van der Waals surface area contributed by atoms with Crippen LogP contribution in [0, 0.1) is 36.5 Å². The molecule has 0 unspecified atom stereocenters. The van der Waals surface area contributed by atoms with Crippen LogP contribution in [0.15, 0.2) is 97.1 Å². The maximum Gasteiger partial charge on any atom is 0.420 e. The van der Waals surface area contributed by atoms with Crippen LogP contribution in [0.2, 0.25) is 0 Å². The zero-order chi connectivity index (χ0) is 33.3. The molecule has 8 rings (SSSR count). The zero-order valence-corrected chi connectivity index (χ0v) is 25.5. The Morgan fingerprint density at radius 3 is 1.44 bits per heavy atom. The van der Waals surface area contributed by atoms with Crippen LogP contribution in [0.4, 0.5) is 13.2 Å². The number of nitrogens with zero attached hydrogens (tertiary/aromatic N) is 7. The average Bonchev–Trinajstić information content (AvgIpc) is 3.58. The zero-order valence-electron chi connectivity index (χ0n) is 25.5. The van der Waals surface area contributed by atoms with E-state index in [2.05, 4.69) is 27.1 Å². The second-order valence-electron chi connectivity index (χ2n) is 11.5. The first kappa shape index (κ1) is 28.9. The molecule has 48 heavy (non-hydrogen) atoms. The van der Waals surface area contributed by atoms with E-state index in [1.165, 1.54) is 12.1 Å². The van der Waals surface area contributed by atoms with Crippen molar-refractivity contribution in [2.45, 2.75) is 20.0 Å². The number of fused-ring (bicyclic) bond motifs is 6. The van der Waals surface area contributed by atoms with Crippen LogP contribution in [0.1, 0.15) is 28.3 Å². The molecule has 0 saturated heterocycles. The van der Waals surface area contributed by atoms with Gasteiger partial charge in [-0.25, -0.2) is 15.0 Å². The number of nitriles is 2. The minimum atomic E-state index is -4.86. The predicted octanol–water partition coefficient (Wildman–Crippen LogP) is 9.11. The van der Waals surface area contributed by atoms with Gasteiger partial charge in [-0.1, -0.05) is 48.5 Å². The van der Waals surface area contributed by atoms with Gasteiger partial charge in [0.2, 0.25) is 0 Å². The summed E-state index contributed by atoms with van der Waals surface area (Å²) in [5.74, 6) is 1.06. The Balaban J connectivity index is 1.62. The largest absolute Gasteiger partial charge is 0.420 e. The third-order valence-electron chi connectivity index (χ3n) is 8.58. The molecule has 10 heteroatoms. The molecule has 0 radical (unpaired) electrons. The fourth-order valence-electron chi connectivity index (χ4n) is 6.73. The molecule has 0 amide bonds. The van der Waals surface area contributed by atoms with Crippen molar-refractivity contribution in [3.63, 3.8) is 0 Å². The van der Waals surface area contributed by atoms with Gasteiger partial charge < -0.3 is 9.13 Å². The molecule has 0 saturated carbocycles. The summed E-state index contributed by atoms with van der Waals surface area (Å²) in [5.41, 5.74) is 1.71. The van der Waals surface area contributed by atoms with Crippen molar-refractivity contribution in [3.8, 4) is 34.9 Å². The van der Waals surface area contributed by atoms with Crippen LogP contribution in [-0.2, 0) is 6.18 Å². The highest BCUT2D eigenvalue weighted by Gasteiger charge is 2.39. The van der Waals surface area contributed by atoms with E-state index in [1.807, 2.05) is 24.3 Å². The Morgan fingerprint density at radius 1 is 0.562 bits per heavy atom. The Bertz CT molecular complexity index is 2550. The van der Waals surface area contributed by atoms with Crippen molar-refractivity contribution in [2.24, 2.45) is 0 Å². The third kappa shape index (κ3) is 4.38. The van der Waals surface area contributed by atoms with Gasteiger partial charge in [-0.2, -0.15) is 23.7 Å². The van der Waals surface area contributed by atoms with E-state index in [0.717, 1.165) is 10.8 Å². The highest BCUT2D eigenvalue weighted by Crippen LogP contribution is 2.46. The number of aryl methyl sites for hydroxylation is 2. The van der Waals surface area contributed by atoms with Gasteiger partial charge in [0.25, 0.3) is 0 Å². The van der Waals surface area contributed by atoms with Crippen molar-refractivity contribution in [1.29, 1.82) is 10.5 Å². The molecular formula is C38H22F3N7. The van der Waals surface area contributed by atoms with Crippen LogP contribution < -0.4 is 0 Å². The van der Waals surface area contributed by atoms with Gasteiger partial charge in [0.1, 0.15) is 17.2 Å². The summed E-state index contributed by atoms with van der Waals surface area (Å²) in [6.07, 6.45) is -4.86. The Kier molecular flexibility index (Phi) is 6.33. The summed E-state index contributed by atoms with van der Waals surface area (Å²) >= 11 is 0. The molecule has 8 aromatic rings. The lowest BCUT2D eigenvalue weighted by molar-refractivity contribution is -0.137.